The molecule has 184 valence electrons. The summed E-state index contributed by atoms with van der Waals surface area (Å²) >= 11 is 12.3. The minimum absolute atomic E-state index is 0.0976. The average molecular weight is 517 g/mol. The zero-order chi connectivity index (χ0) is 25.6. The van der Waals surface area contributed by atoms with Crippen molar-refractivity contribution in [1.29, 1.82) is 0 Å². The van der Waals surface area contributed by atoms with Gasteiger partial charge in [-0.25, -0.2) is 0 Å². The Hall–Kier alpha value is -3.35. The molecule has 2 atom stereocenters. The van der Waals surface area contributed by atoms with E-state index in [9.17, 15) is 0 Å². The molecule has 0 saturated carbocycles. The first kappa shape index (κ1) is 24.3. The molecule has 1 aliphatic heterocycles. The summed E-state index contributed by atoms with van der Waals surface area (Å²) in [7, 11) is 1.68. The molecular weight excluding hydrogens is 488 g/mol. The molecule has 1 fully saturated rings. The van der Waals surface area contributed by atoms with Gasteiger partial charge in [0.05, 0.1) is 30.6 Å². The van der Waals surface area contributed by atoms with Gasteiger partial charge in [0.2, 0.25) is 0 Å². The number of nitrogens with zero attached hydrogens (tertiary/aromatic N) is 3. The minimum atomic E-state index is -0.115. The Balaban J connectivity index is 1.71. The van der Waals surface area contributed by atoms with Crippen molar-refractivity contribution in [2.75, 3.05) is 12.0 Å². The highest BCUT2D eigenvalue weighted by atomic mass is 35.5. The normalized spacial score (nSPS) is 17.4. The quantitative estimate of drug-likeness (QED) is 0.291. The minimum Gasteiger partial charge on any atom is -0.495 e. The molecule has 1 saturated heterocycles. The lowest BCUT2D eigenvalue weighted by Gasteiger charge is -2.28. The Morgan fingerprint density at radius 1 is 0.972 bits per heavy atom. The SMILES string of the molecule is COc1ccc(Cl)cc1-n1c(C)cc([C@H]2[C@@H](c3ccccn3)NC(=S)N2c2ccc(C)c(C)c2)c1C. The van der Waals surface area contributed by atoms with Gasteiger partial charge in [0.25, 0.3) is 0 Å². The second-order valence-electron chi connectivity index (χ2n) is 9.24. The van der Waals surface area contributed by atoms with E-state index in [1.807, 2.05) is 36.5 Å². The number of hydrogen-bond donors (Lipinski definition) is 1. The predicted molar refractivity (Wildman–Crippen MR) is 151 cm³/mol. The number of nitrogens with one attached hydrogen (secondary N) is 1. The lowest BCUT2D eigenvalue weighted by Crippen LogP contribution is -2.29. The summed E-state index contributed by atoms with van der Waals surface area (Å²) in [6, 6.07) is 20.2. The Bertz CT molecular complexity index is 1450. The maximum atomic E-state index is 6.40. The number of methoxy groups -OCH3 is 1. The zero-order valence-corrected chi connectivity index (χ0v) is 22.6. The van der Waals surface area contributed by atoms with Gasteiger partial charge in [-0.2, -0.15) is 0 Å². The Morgan fingerprint density at radius 2 is 1.78 bits per heavy atom. The molecule has 2 aromatic carbocycles. The first-order chi connectivity index (χ1) is 17.3. The molecule has 5 nitrogen and oxygen atoms in total. The number of halogens is 1. The van der Waals surface area contributed by atoms with E-state index in [-0.39, 0.29) is 12.1 Å². The highest BCUT2D eigenvalue weighted by Crippen LogP contribution is 2.44. The molecule has 0 aliphatic carbocycles. The average Bonchev–Trinajstić information content (AvgIpc) is 3.36. The van der Waals surface area contributed by atoms with Crippen molar-refractivity contribution in [3.63, 3.8) is 0 Å². The van der Waals surface area contributed by atoms with Crippen LogP contribution in [-0.4, -0.2) is 21.8 Å². The van der Waals surface area contributed by atoms with Gasteiger partial charge in [-0.3, -0.25) is 4.98 Å². The summed E-state index contributed by atoms with van der Waals surface area (Å²) in [5.41, 5.74) is 8.73. The Morgan fingerprint density at radius 3 is 2.47 bits per heavy atom. The fourth-order valence-electron chi connectivity index (χ4n) is 5.12. The van der Waals surface area contributed by atoms with Crippen LogP contribution in [0.15, 0.2) is 66.9 Å². The standard InChI is InChI=1S/C29H29ClN4OS/c1-17-9-11-22(14-18(17)2)34-28(27(32-29(34)36)24-8-6-7-13-31-24)23-15-19(3)33(20(23)4)25-16-21(30)10-12-26(25)35-5/h6-16,27-28H,1-5H3,(H,32,36)/t27-,28+/m1/s1. The van der Waals surface area contributed by atoms with Crippen LogP contribution < -0.4 is 15.0 Å². The monoisotopic (exact) mass is 516 g/mol. The van der Waals surface area contributed by atoms with E-state index in [0.29, 0.717) is 10.1 Å². The van der Waals surface area contributed by atoms with Crippen molar-refractivity contribution in [3.8, 4) is 11.4 Å². The fraction of sp³-hybridized carbons (Fsp3) is 0.241. The third-order valence-electron chi connectivity index (χ3n) is 7.04. The highest BCUT2D eigenvalue weighted by Gasteiger charge is 2.42. The third-order valence-corrected chi connectivity index (χ3v) is 7.59. The van der Waals surface area contributed by atoms with E-state index in [1.54, 1.807) is 7.11 Å². The first-order valence-corrected chi connectivity index (χ1v) is 12.7. The van der Waals surface area contributed by atoms with Crippen LogP contribution in [0.1, 0.15) is 45.9 Å². The van der Waals surface area contributed by atoms with Gasteiger partial charge in [-0.15, -0.1) is 0 Å². The summed E-state index contributed by atoms with van der Waals surface area (Å²) in [5, 5.41) is 4.91. The number of ether oxygens (including phenoxy) is 1. The van der Waals surface area contributed by atoms with Crippen LogP contribution in [0.3, 0.4) is 0 Å². The van der Waals surface area contributed by atoms with Crippen LogP contribution in [0.2, 0.25) is 5.02 Å². The van der Waals surface area contributed by atoms with E-state index in [4.69, 9.17) is 33.5 Å². The molecular formula is C29H29ClN4OS. The smallest absolute Gasteiger partial charge is 0.174 e. The van der Waals surface area contributed by atoms with Gasteiger partial charge >= 0.3 is 0 Å². The first-order valence-electron chi connectivity index (χ1n) is 11.9. The molecule has 2 aromatic heterocycles. The lowest BCUT2D eigenvalue weighted by atomic mass is 9.96. The van der Waals surface area contributed by atoms with Crippen LogP contribution in [0.25, 0.3) is 5.69 Å². The van der Waals surface area contributed by atoms with Crippen molar-refractivity contribution in [3.05, 3.63) is 106 Å². The molecule has 0 radical (unpaired) electrons. The fourth-order valence-corrected chi connectivity index (χ4v) is 5.63. The molecule has 4 aromatic rings. The molecule has 5 rings (SSSR count). The van der Waals surface area contributed by atoms with Crippen LogP contribution in [-0.2, 0) is 0 Å². The summed E-state index contributed by atoms with van der Waals surface area (Å²) in [6.45, 7) is 8.50. The lowest BCUT2D eigenvalue weighted by molar-refractivity contribution is 0.412. The second-order valence-corrected chi connectivity index (χ2v) is 10.1. The van der Waals surface area contributed by atoms with Crippen molar-refractivity contribution in [1.82, 2.24) is 14.9 Å². The van der Waals surface area contributed by atoms with Crippen molar-refractivity contribution in [2.45, 2.75) is 39.8 Å². The van der Waals surface area contributed by atoms with Crippen LogP contribution in [0.4, 0.5) is 5.69 Å². The topological polar surface area (TPSA) is 42.3 Å². The molecule has 3 heterocycles. The maximum absolute atomic E-state index is 6.40. The molecule has 36 heavy (non-hydrogen) atoms. The maximum Gasteiger partial charge on any atom is 0.174 e. The summed E-state index contributed by atoms with van der Waals surface area (Å²) in [6.07, 6.45) is 1.83. The number of hydrogen-bond acceptors (Lipinski definition) is 3. The Labute approximate surface area is 222 Å². The summed E-state index contributed by atoms with van der Waals surface area (Å²) in [5.74, 6) is 0.764. The number of thiocarbonyl (C=S) groups is 1. The molecule has 0 spiro atoms. The van der Waals surface area contributed by atoms with Gasteiger partial charge in [0.1, 0.15) is 5.75 Å². The van der Waals surface area contributed by atoms with Gasteiger partial charge in [0.15, 0.2) is 5.11 Å². The van der Waals surface area contributed by atoms with Gasteiger partial charge < -0.3 is 19.5 Å². The predicted octanol–water partition coefficient (Wildman–Crippen LogP) is 6.95. The largest absolute Gasteiger partial charge is 0.495 e. The molecule has 1 aliphatic rings. The van der Waals surface area contributed by atoms with E-state index in [2.05, 4.69) is 72.8 Å². The van der Waals surface area contributed by atoms with Crippen molar-refractivity contribution in [2.24, 2.45) is 0 Å². The molecule has 7 heteroatoms. The number of pyridine rings is 1. The van der Waals surface area contributed by atoms with Crippen LogP contribution in [0.5, 0.6) is 5.75 Å². The molecule has 0 bridgehead atoms. The van der Waals surface area contributed by atoms with E-state index < -0.39 is 0 Å². The number of aromatic nitrogens is 2. The number of aryl methyl sites for hydroxylation is 3. The van der Waals surface area contributed by atoms with Gasteiger partial charge in [-0.1, -0.05) is 23.7 Å². The molecule has 1 N–H and O–H groups in total. The van der Waals surface area contributed by atoms with Gasteiger partial charge in [0, 0.05) is 28.3 Å². The van der Waals surface area contributed by atoms with E-state index >= 15 is 0 Å². The Kier molecular flexibility index (Phi) is 6.49. The highest BCUT2D eigenvalue weighted by molar-refractivity contribution is 7.80. The van der Waals surface area contributed by atoms with Crippen LogP contribution in [0, 0.1) is 27.7 Å². The zero-order valence-electron chi connectivity index (χ0n) is 21.0. The number of rotatable bonds is 5. The summed E-state index contributed by atoms with van der Waals surface area (Å²) in [4.78, 5) is 6.92. The number of anilines is 1. The van der Waals surface area contributed by atoms with Crippen LogP contribution >= 0.6 is 23.8 Å². The van der Waals surface area contributed by atoms with Crippen molar-refractivity contribution >= 4 is 34.6 Å². The van der Waals surface area contributed by atoms with Crippen molar-refractivity contribution < 1.29 is 4.74 Å². The molecule has 0 amide bonds. The van der Waals surface area contributed by atoms with Gasteiger partial charge in [-0.05, 0) is 105 Å². The number of benzene rings is 2. The molecule has 0 unspecified atom stereocenters. The third kappa shape index (κ3) is 4.14. The summed E-state index contributed by atoms with van der Waals surface area (Å²) < 4.78 is 7.89. The van der Waals surface area contributed by atoms with E-state index in [1.165, 1.54) is 11.1 Å². The van der Waals surface area contributed by atoms with E-state index in [0.717, 1.165) is 39.8 Å². The second kappa shape index (κ2) is 9.60.